The zero-order valence-corrected chi connectivity index (χ0v) is 12.8. The first kappa shape index (κ1) is 15.8. The van der Waals surface area contributed by atoms with E-state index in [0.717, 1.165) is 38.5 Å². The van der Waals surface area contributed by atoms with E-state index in [4.69, 9.17) is 0 Å². The summed E-state index contributed by atoms with van der Waals surface area (Å²) < 4.78 is 1.64. The molecule has 0 saturated heterocycles. The number of anilines is 1. The monoisotopic (exact) mass is 296 g/mol. The Kier molecular flexibility index (Phi) is 4.82. The van der Waals surface area contributed by atoms with Gasteiger partial charge in [-0.25, -0.2) is 4.68 Å². The van der Waals surface area contributed by atoms with E-state index in [9.17, 15) is 15.2 Å². The van der Waals surface area contributed by atoms with Gasteiger partial charge in [0.15, 0.2) is 0 Å². The molecule has 2 rings (SSSR count). The van der Waals surface area contributed by atoms with Gasteiger partial charge in [0.1, 0.15) is 5.69 Å². The van der Waals surface area contributed by atoms with E-state index in [1.165, 1.54) is 0 Å². The number of nitrogens with zero attached hydrogens (tertiary/aromatic N) is 3. The van der Waals surface area contributed by atoms with Crippen LogP contribution in [0.3, 0.4) is 0 Å². The van der Waals surface area contributed by atoms with E-state index in [1.54, 1.807) is 11.6 Å². The molecule has 0 aliphatic heterocycles. The van der Waals surface area contributed by atoms with Crippen LogP contribution in [0.2, 0.25) is 0 Å². The van der Waals surface area contributed by atoms with Crippen molar-refractivity contribution in [1.29, 1.82) is 0 Å². The molecule has 1 aromatic heterocycles. The highest BCUT2D eigenvalue weighted by Gasteiger charge is 2.31. The van der Waals surface area contributed by atoms with Crippen molar-refractivity contribution < 1.29 is 10.0 Å². The molecule has 1 aliphatic carbocycles. The van der Waals surface area contributed by atoms with Crippen molar-refractivity contribution >= 4 is 11.5 Å². The number of rotatable bonds is 6. The van der Waals surface area contributed by atoms with Crippen molar-refractivity contribution in [1.82, 2.24) is 9.78 Å². The molecule has 0 unspecified atom stereocenters. The Hall–Kier alpha value is -1.63. The molecule has 0 radical (unpaired) electrons. The maximum absolute atomic E-state index is 11.2. The molecule has 1 aromatic rings. The summed E-state index contributed by atoms with van der Waals surface area (Å²) in [6.45, 7) is 4.60. The predicted molar refractivity (Wildman–Crippen MR) is 80.4 cm³/mol. The molecule has 1 saturated carbocycles. The number of aromatic nitrogens is 2. The van der Waals surface area contributed by atoms with Crippen LogP contribution in [0.1, 0.15) is 51.1 Å². The van der Waals surface area contributed by atoms with Crippen LogP contribution in [-0.2, 0) is 6.54 Å². The third kappa shape index (κ3) is 3.53. The molecule has 1 aliphatic rings. The molecule has 0 amide bonds. The smallest absolute Gasteiger partial charge is 0.333 e. The van der Waals surface area contributed by atoms with Crippen LogP contribution in [0.4, 0.5) is 11.5 Å². The summed E-state index contributed by atoms with van der Waals surface area (Å²) in [5, 5.41) is 29.1. The maximum Gasteiger partial charge on any atom is 0.333 e. The number of hydrogen-bond donors (Lipinski definition) is 2. The Labute approximate surface area is 124 Å². The lowest BCUT2D eigenvalue weighted by Crippen LogP contribution is -2.39. The first-order valence-electron chi connectivity index (χ1n) is 7.65. The molecule has 0 aromatic carbocycles. The van der Waals surface area contributed by atoms with E-state index in [-0.39, 0.29) is 5.69 Å². The molecule has 1 fully saturated rings. The highest BCUT2D eigenvalue weighted by atomic mass is 16.6. The third-order valence-corrected chi connectivity index (χ3v) is 4.08. The molecule has 2 N–H and O–H groups in total. The van der Waals surface area contributed by atoms with Gasteiger partial charge in [-0.3, -0.25) is 10.1 Å². The van der Waals surface area contributed by atoms with Gasteiger partial charge in [-0.2, -0.15) is 5.10 Å². The van der Waals surface area contributed by atoms with Gasteiger partial charge in [-0.05, 0) is 26.2 Å². The summed E-state index contributed by atoms with van der Waals surface area (Å²) in [6.07, 6.45) is 5.50. The van der Waals surface area contributed by atoms with E-state index >= 15 is 0 Å². The van der Waals surface area contributed by atoms with Crippen LogP contribution >= 0.6 is 0 Å². The quantitative estimate of drug-likeness (QED) is 0.621. The molecule has 0 spiro atoms. The summed E-state index contributed by atoms with van der Waals surface area (Å²) in [5.41, 5.74) is -0.337. The Balaban J connectivity index is 2.19. The topological polar surface area (TPSA) is 93.2 Å². The second kappa shape index (κ2) is 6.43. The van der Waals surface area contributed by atoms with E-state index < -0.39 is 10.5 Å². The summed E-state index contributed by atoms with van der Waals surface area (Å²) >= 11 is 0. The van der Waals surface area contributed by atoms with Crippen LogP contribution < -0.4 is 5.32 Å². The van der Waals surface area contributed by atoms with Crippen molar-refractivity contribution in [2.45, 2.75) is 64.5 Å². The van der Waals surface area contributed by atoms with Crippen LogP contribution in [0, 0.1) is 17.0 Å². The zero-order valence-electron chi connectivity index (χ0n) is 12.8. The zero-order chi connectivity index (χ0) is 15.5. The number of nitro groups is 1. The van der Waals surface area contributed by atoms with Gasteiger partial charge >= 0.3 is 5.69 Å². The average Bonchev–Trinajstić information content (AvgIpc) is 2.74. The summed E-state index contributed by atoms with van der Waals surface area (Å²) in [5.74, 6) is 0.415. The molecule has 118 valence electrons. The van der Waals surface area contributed by atoms with Crippen molar-refractivity contribution in [2.24, 2.45) is 0 Å². The van der Waals surface area contributed by atoms with Gasteiger partial charge in [-0.1, -0.05) is 26.2 Å². The first-order chi connectivity index (χ1) is 9.97. The van der Waals surface area contributed by atoms with Crippen molar-refractivity contribution in [3.63, 3.8) is 0 Å². The largest absolute Gasteiger partial charge is 0.388 e. The minimum Gasteiger partial charge on any atom is -0.388 e. The fourth-order valence-electron chi connectivity index (χ4n) is 2.97. The van der Waals surface area contributed by atoms with Crippen LogP contribution in [0.5, 0.6) is 0 Å². The van der Waals surface area contributed by atoms with Gasteiger partial charge < -0.3 is 10.4 Å². The first-order valence-corrected chi connectivity index (χ1v) is 7.65. The standard InChI is InChI=1S/C14H24N4O3/c1-3-9-17-13(12(18(20)21)11(2)16-17)15-10-14(19)7-5-4-6-8-14/h15,19H,3-10H2,1-2H3. The highest BCUT2D eigenvalue weighted by molar-refractivity contribution is 5.59. The predicted octanol–water partition coefficient (Wildman–Crippen LogP) is 2.62. The summed E-state index contributed by atoms with van der Waals surface area (Å²) in [4.78, 5) is 10.8. The molecular formula is C14H24N4O3. The van der Waals surface area contributed by atoms with Crippen molar-refractivity contribution in [3.8, 4) is 0 Å². The lowest BCUT2D eigenvalue weighted by atomic mass is 9.85. The molecular weight excluding hydrogens is 272 g/mol. The summed E-state index contributed by atoms with van der Waals surface area (Å²) in [7, 11) is 0. The Bertz CT molecular complexity index is 507. The third-order valence-electron chi connectivity index (χ3n) is 4.08. The Morgan fingerprint density at radius 3 is 2.67 bits per heavy atom. The fraction of sp³-hybridized carbons (Fsp3) is 0.786. The van der Waals surface area contributed by atoms with Gasteiger partial charge in [0.2, 0.25) is 5.82 Å². The van der Waals surface area contributed by atoms with E-state index in [1.807, 2.05) is 6.92 Å². The number of nitrogens with one attached hydrogen (secondary N) is 1. The Morgan fingerprint density at radius 2 is 2.10 bits per heavy atom. The normalized spacial score (nSPS) is 17.7. The van der Waals surface area contributed by atoms with Crippen molar-refractivity contribution in [3.05, 3.63) is 15.8 Å². The fourth-order valence-corrected chi connectivity index (χ4v) is 2.97. The van der Waals surface area contributed by atoms with E-state index in [2.05, 4.69) is 10.4 Å². The summed E-state index contributed by atoms with van der Waals surface area (Å²) in [6, 6.07) is 0. The average molecular weight is 296 g/mol. The van der Waals surface area contributed by atoms with Gasteiger partial charge in [0.25, 0.3) is 0 Å². The lowest BCUT2D eigenvalue weighted by Gasteiger charge is -2.32. The molecule has 21 heavy (non-hydrogen) atoms. The molecule has 1 heterocycles. The number of aliphatic hydroxyl groups is 1. The van der Waals surface area contributed by atoms with Gasteiger partial charge in [0, 0.05) is 13.1 Å². The van der Waals surface area contributed by atoms with Crippen LogP contribution in [-0.4, -0.2) is 32.0 Å². The molecule has 0 atom stereocenters. The highest BCUT2D eigenvalue weighted by Crippen LogP contribution is 2.32. The van der Waals surface area contributed by atoms with Crippen LogP contribution in [0.25, 0.3) is 0 Å². The second-order valence-electron chi connectivity index (χ2n) is 5.90. The second-order valence-corrected chi connectivity index (χ2v) is 5.90. The minimum absolute atomic E-state index is 0.0165. The number of aryl methyl sites for hydroxylation is 2. The van der Waals surface area contributed by atoms with Gasteiger partial charge in [0.05, 0.1) is 10.5 Å². The lowest BCUT2D eigenvalue weighted by molar-refractivity contribution is -0.384. The molecule has 0 bridgehead atoms. The van der Waals surface area contributed by atoms with Crippen LogP contribution in [0.15, 0.2) is 0 Å². The SMILES string of the molecule is CCCn1nc(C)c([N+](=O)[O-])c1NCC1(O)CCCCC1. The number of hydrogen-bond acceptors (Lipinski definition) is 5. The van der Waals surface area contributed by atoms with Crippen molar-refractivity contribution in [2.75, 3.05) is 11.9 Å². The minimum atomic E-state index is -0.763. The van der Waals surface area contributed by atoms with E-state index in [0.29, 0.717) is 24.6 Å². The molecule has 7 heteroatoms. The maximum atomic E-state index is 11.2. The van der Waals surface area contributed by atoms with Gasteiger partial charge in [-0.15, -0.1) is 0 Å². The molecule has 7 nitrogen and oxygen atoms in total. The Morgan fingerprint density at radius 1 is 1.43 bits per heavy atom.